The molecule has 2 aliphatic rings. The molecule has 0 radical (unpaired) electrons. The van der Waals surface area contributed by atoms with Gasteiger partial charge in [0.05, 0.1) is 0 Å². The van der Waals surface area contributed by atoms with Crippen LogP contribution in [0.3, 0.4) is 0 Å². The first kappa shape index (κ1) is 10.9. The zero-order valence-corrected chi connectivity index (χ0v) is 9.13. The van der Waals surface area contributed by atoms with Gasteiger partial charge in [0.25, 0.3) is 0 Å². The monoisotopic (exact) mass is 212 g/mol. The summed E-state index contributed by atoms with van der Waals surface area (Å²) in [5, 5.41) is 6.35. The van der Waals surface area contributed by atoms with Gasteiger partial charge in [0.15, 0.2) is 0 Å². The molecule has 0 aromatic carbocycles. The molecule has 1 amide bonds. The Morgan fingerprint density at radius 2 is 1.87 bits per heavy atom. The van der Waals surface area contributed by atoms with Gasteiger partial charge in [-0.05, 0) is 25.7 Å². The van der Waals surface area contributed by atoms with Gasteiger partial charge in [0.1, 0.15) is 0 Å². The number of carbonyl (C=O) groups is 1. The number of hydrogen-bond acceptors (Lipinski definition) is 3. The van der Waals surface area contributed by atoms with Crippen molar-refractivity contribution in [3.8, 4) is 0 Å². The molecular weight excluding hydrogens is 192 g/mol. The summed E-state index contributed by atoms with van der Waals surface area (Å²) in [5.74, 6) is 0.385. The molecule has 1 saturated heterocycles. The van der Waals surface area contributed by atoms with Crippen molar-refractivity contribution < 1.29 is 9.53 Å². The lowest BCUT2D eigenvalue weighted by molar-refractivity contribution is -0.127. The fraction of sp³-hybridized carbons (Fsp3) is 0.909. The van der Waals surface area contributed by atoms with E-state index in [4.69, 9.17) is 4.74 Å². The molecule has 1 aliphatic heterocycles. The Hall–Kier alpha value is -0.610. The first-order valence-corrected chi connectivity index (χ1v) is 5.95. The van der Waals surface area contributed by atoms with Crippen molar-refractivity contribution in [3.05, 3.63) is 0 Å². The number of carbonyl (C=O) groups excluding carboxylic acids is 1. The molecule has 2 fully saturated rings. The van der Waals surface area contributed by atoms with Crippen LogP contribution in [0.15, 0.2) is 0 Å². The largest absolute Gasteiger partial charge is 0.381 e. The predicted octanol–water partition coefficient (Wildman–Crippen LogP) is 0.281. The van der Waals surface area contributed by atoms with Crippen LogP contribution in [-0.4, -0.2) is 38.3 Å². The SMILES string of the molecule is O=C(NCCNC1CC1)C1CCOCC1. The molecular formula is C11H20N2O2. The molecule has 0 atom stereocenters. The summed E-state index contributed by atoms with van der Waals surface area (Å²) in [4.78, 5) is 11.7. The van der Waals surface area contributed by atoms with E-state index >= 15 is 0 Å². The lowest BCUT2D eigenvalue weighted by Gasteiger charge is -2.21. The van der Waals surface area contributed by atoms with Crippen LogP contribution in [0.5, 0.6) is 0 Å². The molecule has 1 saturated carbocycles. The summed E-state index contributed by atoms with van der Waals surface area (Å²) in [6, 6.07) is 0.727. The number of nitrogens with one attached hydrogen (secondary N) is 2. The number of amides is 1. The third-order valence-corrected chi connectivity index (χ3v) is 3.03. The Balaban J connectivity index is 1.54. The summed E-state index contributed by atoms with van der Waals surface area (Å²) in [6.07, 6.45) is 4.35. The molecule has 4 heteroatoms. The van der Waals surface area contributed by atoms with Crippen molar-refractivity contribution in [2.45, 2.75) is 31.7 Å². The summed E-state index contributed by atoms with van der Waals surface area (Å²) < 4.78 is 5.22. The standard InChI is InChI=1S/C11H20N2O2/c14-11(9-3-7-15-8-4-9)13-6-5-12-10-1-2-10/h9-10,12H,1-8H2,(H,13,14). The first-order chi connectivity index (χ1) is 7.36. The van der Waals surface area contributed by atoms with Crippen molar-refractivity contribution in [1.29, 1.82) is 0 Å². The van der Waals surface area contributed by atoms with Crippen molar-refractivity contribution in [3.63, 3.8) is 0 Å². The highest BCUT2D eigenvalue weighted by Crippen LogP contribution is 2.18. The summed E-state index contributed by atoms with van der Waals surface area (Å²) >= 11 is 0. The quantitative estimate of drug-likeness (QED) is 0.644. The van der Waals surface area contributed by atoms with Crippen LogP contribution < -0.4 is 10.6 Å². The lowest BCUT2D eigenvalue weighted by Crippen LogP contribution is -2.38. The second kappa shape index (κ2) is 5.47. The van der Waals surface area contributed by atoms with Gasteiger partial charge in [0.2, 0.25) is 5.91 Å². The summed E-state index contributed by atoms with van der Waals surface area (Å²) in [7, 11) is 0. The van der Waals surface area contributed by atoms with Crippen LogP contribution in [0, 0.1) is 5.92 Å². The molecule has 0 aromatic heterocycles. The Labute approximate surface area is 90.8 Å². The Bertz CT molecular complexity index is 211. The van der Waals surface area contributed by atoms with Crippen LogP contribution in [0.1, 0.15) is 25.7 Å². The van der Waals surface area contributed by atoms with Crippen molar-refractivity contribution >= 4 is 5.91 Å². The van der Waals surface area contributed by atoms with Crippen LogP contribution in [0.2, 0.25) is 0 Å². The predicted molar refractivity (Wildman–Crippen MR) is 57.6 cm³/mol. The van der Waals surface area contributed by atoms with E-state index in [1.54, 1.807) is 0 Å². The molecule has 15 heavy (non-hydrogen) atoms. The molecule has 1 heterocycles. The molecule has 0 aromatic rings. The van der Waals surface area contributed by atoms with Crippen molar-refractivity contribution in [2.75, 3.05) is 26.3 Å². The van der Waals surface area contributed by atoms with Crippen LogP contribution in [-0.2, 0) is 9.53 Å². The van der Waals surface area contributed by atoms with Gasteiger partial charge >= 0.3 is 0 Å². The molecule has 86 valence electrons. The highest BCUT2D eigenvalue weighted by atomic mass is 16.5. The maximum Gasteiger partial charge on any atom is 0.223 e. The van der Waals surface area contributed by atoms with E-state index in [0.29, 0.717) is 0 Å². The Kier molecular flexibility index (Phi) is 3.97. The first-order valence-electron chi connectivity index (χ1n) is 5.95. The van der Waals surface area contributed by atoms with Crippen LogP contribution in [0.25, 0.3) is 0 Å². The Morgan fingerprint density at radius 3 is 2.53 bits per heavy atom. The minimum absolute atomic E-state index is 0.180. The third kappa shape index (κ3) is 3.80. The average molecular weight is 212 g/mol. The maximum atomic E-state index is 11.7. The minimum Gasteiger partial charge on any atom is -0.381 e. The lowest BCUT2D eigenvalue weighted by atomic mass is 9.99. The summed E-state index contributed by atoms with van der Waals surface area (Å²) in [5.41, 5.74) is 0. The third-order valence-electron chi connectivity index (χ3n) is 3.03. The fourth-order valence-corrected chi connectivity index (χ4v) is 1.85. The van der Waals surface area contributed by atoms with Gasteiger partial charge in [-0.2, -0.15) is 0 Å². The zero-order chi connectivity index (χ0) is 10.5. The van der Waals surface area contributed by atoms with E-state index in [0.717, 1.165) is 45.2 Å². The zero-order valence-electron chi connectivity index (χ0n) is 9.13. The van der Waals surface area contributed by atoms with Gasteiger partial charge in [0, 0.05) is 38.3 Å². The van der Waals surface area contributed by atoms with E-state index in [9.17, 15) is 4.79 Å². The fourth-order valence-electron chi connectivity index (χ4n) is 1.85. The van der Waals surface area contributed by atoms with Crippen molar-refractivity contribution in [2.24, 2.45) is 5.92 Å². The van der Waals surface area contributed by atoms with Gasteiger partial charge in [-0.3, -0.25) is 4.79 Å². The van der Waals surface area contributed by atoms with Crippen LogP contribution >= 0.6 is 0 Å². The van der Waals surface area contributed by atoms with E-state index in [2.05, 4.69) is 10.6 Å². The average Bonchev–Trinajstić information content (AvgIpc) is 3.09. The van der Waals surface area contributed by atoms with E-state index in [-0.39, 0.29) is 11.8 Å². The maximum absolute atomic E-state index is 11.7. The molecule has 2 rings (SSSR count). The minimum atomic E-state index is 0.180. The molecule has 0 unspecified atom stereocenters. The van der Waals surface area contributed by atoms with Gasteiger partial charge in [-0.15, -0.1) is 0 Å². The number of rotatable bonds is 5. The molecule has 4 nitrogen and oxygen atoms in total. The molecule has 1 aliphatic carbocycles. The number of ether oxygens (including phenoxy) is 1. The van der Waals surface area contributed by atoms with Gasteiger partial charge < -0.3 is 15.4 Å². The summed E-state index contributed by atoms with van der Waals surface area (Å²) in [6.45, 7) is 3.13. The topological polar surface area (TPSA) is 50.4 Å². The molecule has 2 N–H and O–H groups in total. The highest BCUT2D eigenvalue weighted by molar-refractivity contribution is 5.78. The van der Waals surface area contributed by atoms with E-state index in [1.807, 2.05) is 0 Å². The van der Waals surface area contributed by atoms with E-state index < -0.39 is 0 Å². The van der Waals surface area contributed by atoms with Crippen LogP contribution in [0.4, 0.5) is 0 Å². The second-order valence-electron chi connectivity index (χ2n) is 4.41. The molecule has 0 spiro atoms. The van der Waals surface area contributed by atoms with Gasteiger partial charge in [-0.1, -0.05) is 0 Å². The molecule has 0 bridgehead atoms. The second-order valence-corrected chi connectivity index (χ2v) is 4.41. The van der Waals surface area contributed by atoms with Crippen molar-refractivity contribution in [1.82, 2.24) is 10.6 Å². The number of hydrogen-bond donors (Lipinski definition) is 2. The van der Waals surface area contributed by atoms with E-state index in [1.165, 1.54) is 12.8 Å². The highest BCUT2D eigenvalue weighted by Gasteiger charge is 2.22. The normalized spacial score (nSPS) is 22.7. The van der Waals surface area contributed by atoms with Gasteiger partial charge in [-0.25, -0.2) is 0 Å². The smallest absolute Gasteiger partial charge is 0.223 e. The Morgan fingerprint density at radius 1 is 1.13 bits per heavy atom.